The molecule has 0 atom stereocenters. The number of hydrogen-bond donors (Lipinski definition) is 3. The zero-order valence-electron chi connectivity index (χ0n) is 19.0. The molecular weight excluding hydrogens is 470 g/mol. The van der Waals surface area contributed by atoms with E-state index in [0.717, 1.165) is 24.3 Å². The fourth-order valence-electron chi connectivity index (χ4n) is 3.57. The van der Waals surface area contributed by atoms with Gasteiger partial charge < -0.3 is 16.5 Å². The third kappa shape index (κ3) is 6.06. The van der Waals surface area contributed by atoms with Gasteiger partial charge >= 0.3 is 12.4 Å². The number of allylic oxidation sites excluding steroid dienone is 3. The summed E-state index contributed by atoms with van der Waals surface area (Å²) in [5, 5.41) is 9.71. The summed E-state index contributed by atoms with van der Waals surface area (Å²) < 4.78 is 78.6. The van der Waals surface area contributed by atoms with Crippen LogP contribution in [0.3, 0.4) is 0 Å². The Hall–Kier alpha value is -3.69. The van der Waals surface area contributed by atoms with E-state index in [2.05, 4.69) is 22.3 Å². The topological polar surface area (TPSA) is 62.4 Å². The van der Waals surface area contributed by atoms with Gasteiger partial charge in [0.15, 0.2) is 0 Å². The van der Waals surface area contributed by atoms with Crippen molar-refractivity contribution in [2.24, 2.45) is 16.4 Å². The van der Waals surface area contributed by atoms with Crippen LogP contribution in [0, 0.1) is 5.41 Å². The minimum atomic E-state index is -4.54. The average molecular weight is 494 g/mol. The summed E-state index contributed by atoms with van der Waals surface area (Å²) in [6.07, 6.45) is -5.82. The molecule has 0 aliphatic carbocycles. The molecule has 0 radical (unpaired) electrons. The van der Waals surface area contributed by atoms with Gasteiger partial charge in [-0.05, 0) is 41.0 Å². The van der Waals surface area contributed by atoms with Gasteiger partial charge in [0, 0.05) is 23.2 Å². The van der Waals surface area contributed by atoms with E-state index in [0.29, 0.717) is 23.4 Å². The van der Waals surface area contributed by atoms with Crippen LogP contribution in [0.2, 0.25) is 0 Å². The van der Waals surface area contributed by atoms with Crippen LogP contribution in [0.4, 0.5) is 26.3 Å². The first-order chi connectivity index (χ1) is 16.2. The second-order valence-electron chi connectivity index (χ2n) is 8.64. The van der Waals surface area contributed by atoms with Gasteiger partial charge in [-0.1, -0.05) is 56.8 Å². The molecule has 1 fully saturated rings. The van der Waals surface area contributed by atoms with Gasteiger partial charge in [0.25, 0.3) is 0 Å². The van der Waals surface area contributed by atoms with Crippen molar-refractivity contribution in [1.29, 1.82) is 0 Å². The Morgan fingerprint density at radius 3 is 2.20 bits per heavy atom. The molecular formula is C25H24F6N4. The van der Waals surface area contributed by atoms with Crippen molar-refractivity contribution in [2.45, 2.75) is 26.2 Å². The van der Waals surface area contributed by atoms with E-state index in [1.807, 2.05) is 13.8 Å². The molecule has 0 amide bonds. The van der Waals surface area contributed by atoms with Crippen LogP contribution in [0.15, 0.2) is 77.6 Å². The Balaban J connectivity index is 2.11. The molecule has 1 aliphatic heterocycles. The van der Waals surface area contributed by atoms with Crippen LogP contribution in [0.25, 0.3) is 11.6 Å². The highest BCUT2D eigenvalue weighted by Gasteiger charge is 2.34. The Bertz CT molecular complexity index is 1190. The maximum Gasteiger partial charge on any atom is 0.416 e. The molecule has 2 aromatic rings. The fourth-order valence-corrected chi connectivity index (χ4v) is 3.57. The summed E-state index contributed by atoms with van der Waals surface area (Å²) in [6, 6.07) is 9.30. The van der Waals surface area contributed by atoms with Gasteiger partial charge in [0.2, 0.25) is 5.96 Å². The highest BCUT2D eigenvalue weighted by atomic mass is 19.4. The number of nitrogens with one attached hydrogen (secondary N) is 2. The molecule has 1 heterocycles. The summed E-state index contributed by atoms with van der Waals surface area (Å²) in [7, 11) is 0. The molecule has 3 rings (SSSR count). The number of halogens is 6. The van der Waals surface area contributed by atoms with E-state index in [1.54, 1.807) is 12.2 Å². The van der Waals surface area contributed by atoms with Crippen molar-refractivity contribution >= 4 is 17.6 Å². The molecule has 0 aromatic heterocycles. The molecule has 1 aliphatic rings. The normalized spacial score (nSPS) is 18.8. The Morgan fingerprint density at radius 1 is 1.00 bits per heavy atom. The maximum atomic E-state index is 13.3. The molecule has 4 N–H and O–H groups in total. The van der Waals surface area contributed by atoms with Gasteiger partial charge in [0.05, 0.1) is 11.1 Å². The molecule has 0 bridgehead atoms. The molecule has 35 heavy (non-hydrogen) atoms. The lowest BCUT2D eigenvalue weighted by molar-refractivity contribution is -0.138. The molecule has 0 unspecified atom stereocenters. The quantitative estimate of drug-likeness (QED) is 0.271. The van der Waals surface area contributed by atoms with Gasteiger partial charge in [-0.15, -0.1) is 5.10 Å². The molecule has 0 saturated carbocycles. The number of benzene rings is 2. The van der Waals surface area contributed by atoms with Crippen molar-refractivity contribution in [2.75, 3.05) is 6.54 Å². The molecule has 2 aromatic carbocycles. The van der Waals surface area contributed by atoms with Crippen molar-refractivity contribution in [3.63, 3.8) is 0 Å². The van der Waals surface area contributed by atoms with E-state index < -0.39 is 28.9 Å². The first kappa shape index (κ1) is 25.9. The molecule has 1 saturated heterocycles. The Labute approximate surface area is 198 Å². The predicted molar refractivity (Wildman–Crippen MR) is 125 cm³/mol. The highest BCUT2D eigenvalue weighted by Crippen LogP contribution is 2.37. The smallest absolute Gasteiger partial charge is 0.354 e. The number of hydrogen-bond acceptors (Lipinski definition) is 2. The first-order valence-electron chi connectivity index (χ1n) is 10.5. The van der Waals surface area contributed by atoms with Gasteiger partial charge in [-0.25, -0.2) is 0 Å². The molecule has 4 nitrogen and oxygen atoms in total. The average Bonchev–Trinajstić information content (AvgIpc) is 2.79. The van der Waals surface area contributed by atoms with Crippen LogP contribution in [0.5, 0.6) is 0 Å². The van der Waals surface area contributed by atoms with Crippen LogP contribution in [-0.4, -0.2) is 12.5 Å². The van der Waals surface area contributed by atoms with Crippen molar-refractivity contribution < 1.29 is 26.3 Å². The zero-order chi connectivity index (χ0) is 26.0. The van der Waals surface area contributed by atoms with Gasteiger partial charge in [-0.3, -0.25) is 0 Å². The van der Waals surface area contributed by atoms with E-state index in [-0.39, 0.29) is 17.1 Å². The first-order valence-corrected chi connectivity index (χ1v) is 10.5. The third-order valence-electron chi connectivity index (χ3n) is 5.56. The second kappa shape index (κ2) is 9.52. The third-order valence-corrected chi connectivity index (χ3v) is 5.56. The highest BCUT2D eigenvalue weighted by molar-refractivity contribution is 5.88. The van der Waals surface area contributed by atoms with E-state index in [4.69, 9.17) is 5.84 Å². The summed E-state index contributed by atoms with van der Waals surface area (Å²) in [6.45, 7) is 8.27. The van der Waals surface area contributed by atoms with E-state index in [9.17, 15) is 26.3 Å². The van der Waals surface area contributed by atoms with E-state index >= 15 is 0 Å². The van der Waals surface area contributed by atoms with Crippen LogP contribution in [0.1, 0.15) is 36.1 Å². The van der Waals surface area contributed by atoms with E-state index in [1.165, 1.54) is 24.3 Å². The van der Waals surface area contributed by atoms with Crippen molar-refractivity contribution in [1.82, 2.24) is 10.6 Å². The Kier molecular flexibility index (Phi) is 7.05. The minimum absolute atomic E-state index is 0.238. The number of nitrogens with zero attached hydrogens (tertiary/aromatic N) is 1. The number of guanidine groups is 1. The monoisotopic (exact) mass is 494 g/mol. The predicted octanol–water partition coefficient (Wildman–Crippen LogP) is 6.15. The van der Waals surface area contributed by atoms with Crippen molar-refractivity contribution in [3.05, 3.63) is 94.7 Å². The SMILES string of the molecule is C=C(C(C=Cc1ccc(C(F)(F)F)cc1)=C1NC(=NN)NCC1(C)C)c1cccc(C(F)(F)F)c1. The second-order valence-corrected chi connectivity index (χ2v) is 8.64. The fraction of sp³-hybridized carbons (Fsp3) is 0.240. The summed E-state index contributed by atoms with van der Waals surface area (Å²) >= 11 is 0. The van der Waals surface area contributed by atoms with Crippen LogP contribution >= 0.6 is 0 Å². The molecule has 186 valence electrons. The minimum Gasteiger partial charge on any atom is -0.354 e. The lowest BCUT2D eigenvalue weighted by Gasteiger charge is -2.37. The summed E-state index contributed by atoms with van der Waals surface area (Å²) in [5.74, 6) is 5.67. The standard InChI is InChI=1S/C25H24F6N4/c1-15(17-5-4-6-19(13-17)25(29,30)31)20(21-23(2,3)14-33-22(34-21)35-32)12-9-16-7-10-18(11-8-16)24(26,27)28/h4-13H,1,14,32H2,2-3H3,(H2,33,34,35). The van der Waals surface area contributed by atoms with Crippen LogP contribution < -0.4 is 16.5 Å². The Morgan fingerprint density at radius 2 is 1.63 bits per heavy atom. The van der Waals surface area contributed by atoms with Crippen LogP contribution in [-0.2, 0) is 12.4 Å². The lowest BCUT2D eigenvalue weighted by Crippen LogP contribution is -2.52. The summed E-state index contributed by atoms with van der Waals surface area (Å²) in [4.78, 5) is 0. The largest absolute Gasteiger partial charge is 0.416 e. The van der Waals surface area contributed by atoms with Gasteiger partial charge in [-0.2, -0.15) is 26.3 Å². The van der Waals surface area contributed by atoms with Crippen molar-refractivity contribution in [3.8, 4) is 0 Å². The molecule has 10 heteroatoms. The number of nitrogens with two attached hydrogens (primary N) is 1. The number of rotatable bonds is 4. The van der Waals surface area contributed by atoms with Gasteiger partial charge in [0.1, 0.15) is 0 Å². The lowest BCUT2D eigenvalue weighted by atomic mass is 9.81. The maximum absolute atomic E-state index is 13.3. The number of alkyl halides is 6. The zero-order valence-corrected chi connectivity index (χ0v) is 19.0. The number of hydrazone groups is 1. The molecule has 0 spiro atoms. The summed E-state index contributed by atoms with van der Waals surface area (Å²) in [5.41, 5.74) is -0.121.